The maximum Gasteiger partial charge on any atom is 0.352 e. The molecule has 24 heavy (non-hydrogen) atoms. The van der Waals surface area contributed by atoms with E-state index in [1.165, 1.54) is 5.56 Å². The van der Waals surface area contributed by atoms with Crippen LogP contribution in [0.1, 0.15) is 54.0 Å². The number of nitrogens with zero attached hydrogens (tertiary/aromatic N) is 2. The van der Waals surface area contributed by atoms with E-state index in [0.29, 0.717) is 28.6 Å². The molecule has 1 heterocycles. The number of anilines is 1. The predicted molar refractivity (Wildman–Crippen MR) is 93.3 cm³/mol. The van der Waals surface area contributed by atoms with Gasteiger partial charge in [0, 0.05) is 5.69 Å². The monoisotopic (exact) mass is 347 g/mol. The molecule has 7 heteroatoms. The van der Waals surface area contributed by atoms with E-state index in [-0.39, 0.29) is 12.5 Å². The molecule has 0 radical (unpaired) electrons. The highest BCUT2D eigenvalue weighted by Crippen LogP contribution is 2.20. The van der Waals surface area contributed by atoms with Crippen LogP contribution in [0.15, 0.2) is 24.3 Å². The first-order valence-electron chi connectivity index (χ1n) is 7.93. The quantitative estimate of drug-likeness (QED) is 0.776. The van der Waals surface area contributed by atoms with Gasteiger partial charge in [-0.25, -0.2) is 4.79 Å². The Hall–Kier alpha value is -2.28. The Morgan fingerprint density at radius 3 is 2.58 bits per heavy atom. The number of esters is 1. The highest BCUT2D eigenvalue weighted by molar-refractivity contribution is 7.07. The molecule has 0 aliphatic heterocycles. The van der Waals surface area contributed by atoms with Crippen molar-refractivity contribution in [3.63, 3.8) is 0 Å². The molecule has 0 unspecified atom stereocenters. The molecule has 0 spiro atoms. The zero-order valence-electron chi connectivity index (χ0n) is 14.0. The Morgan fingerprint density at radius 2 is 1.96 bits per heavy atom. The summed E-state index contributed by atoms with van der Waals surface area (Å²) in [5.74, 6) is -0.462. The van der Waals surface area contributed by atoms with Gasteiger partial charge >= 0.3 is 5.97 Å². The Morgan fingerprint density at radius 1 is 1.25 bits per heavy atom. The lowest BCUT2D eigenvalue weighted by molar-refractivity contribution is -0.119. The van der Waals surface area contributed by atoms with E-state index >= 15 is 0 Å². The molecule has 1 N–H and O–H groups in total. The smallest absolute Gasteiger partial charge is 0.352 e. The van der Waals surface area contributed by atoms with Crippen molar-refractivity contribution < 1.29 is 14.3 Å². The number of aromatic nitrogens is 2. The molecule has 1 amide bonds. The molecule has 2 aromatic rings. The summed E-state index contributed by atoms with van der Waals surface area (Å²) in [6.45, 7) is 5.83. The lowest BCUT2D eigenvalue weighted by atomic mass is 9.99. The van der Waals surface area contributed by atoms with Crippen LogP contribution in [0.25, 0.3) is 0 Å². The molecule has 0 aliphatic carbocycles. The minimum atomic E-state index is -0.566. The summed E-state index contributed by atoms with van der Waals surface area (Å²) in [6, 6.07) is 7.69. The van der Waals surface area contributed by atoms with E-state index < -0.39 is 5.97 Å². The van der Waals surface area contributed by atoms with Crippen LogP contribution < -0.4 is 5.32 Å². The number of benzene rings is 1. The summed E-state index contributed by atoms with van der Waals surface area (Å²) < 4.78 is 8.75. The van der Waals surface area contributed by atoms with Crippen molar-refractivity contribution in [2.24, 2.45) is 0 Å². The molecular weight excluding hydrogens is 326 g/mol. The van der Waals surface area contributed by atoms with E-state index in [0.717, 1.165) is 18.0 Å². The Labute approximate surface area is 145 Å². The summed E-state index contributed by atoms with van der Waals surface area (Å²) in [6.07, 6.45) is 1.66. The van der Waals surface area contributed by atoms with Crippen LogP contribution in [-0.4, -0.2) is 28.1 Å². The van der Waals surface area contributed by atoms with E-state index in [1.54, 1.807) is 0 Å². The molecule has 0 saturated heterocycles. The highest BCUT2D eigenvalue weighted by atomic mass is 32.1. The Bertz CT molecular complexity index is 697. The van der Waals surface area contributed by atoms with Crippen LogP contribution in [0, 0.1) is 0 Å². The van der Waals surface area contributed by atoms with Gasteiger partial charge in [0.25, 0.3) is 5.91 Å². The van der Waals surface area contributed by atoms with Gasteiger partial charge in [-0.05, 0) is 48.0 Å². The van der Waals surface area contributed by atoms with Crippen molar-refractivity contribution in [2.45, 2.75) is 39.5 Å². The normalized spacial score (nSPS) is 11.8. The van der Waals surface area contributed by atoms with Crippen LogP contribution in [0.3, 0.4) is 0 Å². The molecule has 0 bridgehead atoms. The minimum absolute atomic E-state index is 0.340. The van der Waals surface area contributed by atoms with Gasteiger partial charge < -0.3 is 10.1 Å². The lowest BCUT2D eigenvalue weighted by Crippen LogP contribution is -2.21. The molecule has 128 valence electrons. The van der Waals surface area contributed by atoms with Crippen LogP contribution in [0.5, 0.6) is 0 Å². The first-order valence-corrected chi connectivity index (χ1v) is 8.70. The Kier molecular flexibility index (Phi) is 6.43. The second-order valence-electron chi connectivity index (χ2n) is 5.46. The van der Waals surface area contributed by atoms with Crippen LogP contribution in [0.2, 0.25) is 0 Å². The molecule has 1 atom stereocenters. The number of hydrogen-bond acceptors (Lipinski definition) is 6. The van der Waals surface area contributed by atoms with Gasteiger partial charge in [-0.3, -0.25) is 4.79 Å². The standard InChI is InChI=1S/C17H21N3O3S/c1-4-11(3)12-6-8-13(9-7-12)18-15(21)10-23-17(22)16-14(5-2)19-20-24-16/h6-9,11H,4-5,10H2,1-3H3,(H,18,21)/t11-/m1/s1. The van der Waals surface area contributed by atoms with Crippen molar-refractivity contribution in [1.82, 2.24) is 9.59 Å². The molecule has 2 rings (SSSR count). The summed E-state index contributed by atoms with van der Waals surface area (Å²) in [4.78, 5) is 24.2. The number of ether oxygens (including phenoxy) is 1. The largest absolute Gasteiger partial charge is 0.451 e. The molecule has 1 aromatic carbocycles. The average Bonchev–Trinajstić information content (AvgIpc) is 3.08. The second kappa shape index (κ2) is 8.54. The van der Waals surface area contributed by atoms with Crippen molar-refractivity contribution in [2.75, 3.05) is 11.9 Å². The van der Waals surface area contributed by atoms with E-state index in [4.69, 9.17) is 4.74 Å². The lowest BCUT2D eigenvalue weighted by Gasteiger charge is -2.10. The number of aryl methyl sites for hydroxylation is 1. The number of hydrogen-bond donors (Lipinski definition) is 1. The van der Waals surface area contributed by atoms with Gasteiger partial charge in [0.2, 0.25) is 0 Å². The highest BCUT2D eigenvalue weighted by Gasteiger charge is 2.17. The maximum atomic E-state index is 11.9. The third-order valence-corrected chi connectivity index (χ3v) is 4.53. The third-order valence-electron chi connectivity index (χ3n) is 3.79. The van der Waals surface area contributed by atoms with E-state index in [2.05, 4.69) is 28.8 Å². The Balaban J connectivity index is 1.86. The van der Waals surface area contributed by atoms with Crippen molar-refractivity contribution in [3.05, 3.63) is 40.4 Å². The minimum Gasteiger partial charge on any atom is -0.451 e. The predicted octanol–water partition coefficient (Wildman–Crippen LogP) is 3.41. The van der Waals surface area contributed by atoms with E-state index in [1.807, 2.05) is 31.2 Å². The SMILES string of the molecule is CCc1nnsc1C(=O)OCC(=O)Nc1ccc([C@H](C)CC)cc1. The van der Waals surface area contributed by atoms with Crippen molar-refractivity contribution in [1.29, 1.82) is 0 Å². The fourth-order valence-corrected chi connectivity index (χ4v) is 2.76. The van der Waals surface area contributed by atoms with Gasteiger partial charge in [0.05, 0.1) is 5.69 Å². The molecule has 0 fully saturated rings. The van der Waals surface area contributed by atoms with Crippen LogP contribution in [0.4, 0.5) is 5.69 Å². The van der Waals surface area contributed by atoms with Crippen LogP contribution >= 0.6 is 11.5 Å². The fourth-order valence-electron chi connectivity index (χ4n) is 2.12. The number of carbonyl (C=O) groups is 2. The third kappa shape index (κ3) is 4.61. The molecule has 1 aromatic heterocycles. The van der Waals surface area contributed by atoms with Gasteiger partial charge in [-0.15, -0.1) is 5.10 Å². The number of nitrogens with one attached hydrogen (secondary N) is 1. The summed E-state index contributed by atoms with van der Waals surface area (Å²) in [5, 5.41) is 6.56. The molecule has 0 aliphatic rings. The van der Waals surface area contributed by atoms with Gasteiger partial charge in [0.1, 0.15) is 0 Å². The van der Waals surface area contributed by atoms with Crippen molar-refractivity contribution >= 4 is 29.1 Å². The second-order valence-corrected chi connectivity index (χ2v) is 6.21. The van der Waals surface area contributed by atoms with Crippen LogP contribution in [-0.2, 0) is 16.0 Å². The van der Waals surface area contributed by atoms with E-state index in [9.17, 15) is 9.59 Å². The van der Waals surface area contributed by atoms with Gasteiger partial charge in [-0.2, -0.15) is 0 Å². The topological polar surface area (TPSA) is 81.2 Å². The molecule has 0 saturated carbocycles. The van der Waals surface area contributed by atoms with Gasteiger partial charge in [-0.1, -0.05) is 37.4 Å². The zero-order valence-corrected chi connectivity index (χ0v) is 14.9. The number of carbonyl (C=O) groups excluding carboxylic acids is 2. The number of rotatable bonds is 7. The first-order chi connectivity index (χ1) is 11.5. The molecule has 6 nitrogen and oxygen atoms in total. The maximum absolute atomic E-state index is 11.9. The zero-order chi connectivity index (χ0) is 17.5. The fraction of sp³-hybridized carbons (Fsp3) is 0.412. The first kappa shape index (κ1) is 18.1. The average molecular weight is 347 g/mol. The summed E-state index contributed by atoms with van der Waals surface area (Å²) in [5.41, 5.74) is 2.49. The summed E-state index contributed by atoms with van der Waals surface area (Å²) >= 11 is 0.977. The van der Waals surface area contributed by atoms with Crippen molar-refractivity contribution in [3.8, 4) is 0 Å². The number of amides is 1. The summed E-state index contributed by atoms with van der Waals surface area (Å²) in [7, 11) is 0. The molecular formula is C17H21N3O3S. The van der Waals surface area contributed by atoms with Gasteiger partial charge in [0.15, 0.2) is 11.5 Å².